The molecule has 2 aromatic rings. The lowest BCUT2D eigenvalue weighted by atomic mass is 10.3. The molecule has 0 fully saturated rings. The highest BCUT2D eigenvalue weighted by Crippen LogP contribution is 2.10. The van der Waals surface area contributed by atoms with E-state index in [0.29, 0.717) is 30.3 Å². The molecular weight excluding hydrogens is 380 g/mol. The number of aliphatic hydroxyl groups excluding tert-OH is 3. The summed E-state index contributed by atoms with van der Waals surface area (Å²) in [4.78, 5) is 30.9. The lowest BCUT2D eigenvalue weighted by Crippen LogP contribution is -2.35. The Morgan fingerprint density at radius 3 is 2.00 bits per heavy atom. The van der Waals surface area contributed by atoms with Crippen LogP contribution in [0.15, 0.2) is 33.9 Å². The first kappa shape index (κ1) is 22.8. The summed E-state index contributed by atoms with van der Waals surface area (Å²) in [5.41, 5.74) is -0.951. The monoisotopic (exact) mass is 402 g/mol. The number of methoxy groups -OCH3 is 1. The second-order valence-corrected chi connectivity index (χ2v) is 5.59. The number of benzene rings is 1. The number of hydrogen-bond acceptors (Lipinski definition) is 8. The number of ether oxygens (including phenoxy) is 1. The van der Waals surface area contributed by atoms with Crippen LogP contribution in [0.3, 0.4) is 0 Å². The van der Waals surface area contributed by atoms with Crippen LogP contribution in [0.1, 0.15) is 0 Å². The van der Waals surface area contributed by atoms with Crippen LogP contribution in [0.2, 0.25) is 5.02 Å². The van der Waals surface area contributed by atoms with E-state index in [1.807, 2.05) is 0 Å². The third-order valence-electron chi connectivity index (χ3n) is 3.33. The maximum Gasteiger partial charge on any atom is 0.360 e. The van der Waals surface area contributed by atoms with Crippen LogP contribution in [-0.2, 0) is 0 Å². The fraction of sp³-hybridized carbons (Fsp3) is 0.438. The molecule has 0 unspecified atom stereocenters. The zero-order chi connectivity index (χ0) is 20.2. The smallest absolute Gasteiger partial charge is 0.360 e. The van der Waals surface area contributed by atoms with E-state index in [1.54, 1.807) is 29.2 Å². The molecule has 1 heterocycles. The molecule has 0 aliphatic carbocycles. The van der Waals surface area contributed by atoms with Gasteiger partial charge in [-0.1, -0.05) is 11.6 Å². The number of rotatable bonds is 8. The SMILES string of the molecule is COc1nc(=O)n(-c2ccc(Cl)cc2)c(=O)[nH]1.OCCN(CCO)CCO. The van der Waals surface area contributed by atoms with Crippen LogP contribution in [0.5, 0.6) is 6.01 Å². The summed E-state index contributed by atoms with van der Waals surface area (Å²) in [6.07, 6.45) is 0. The first-order chi connectivity index (χ1) is 13.0. The Kier molecular flexibility index (Phi) is 10.3. The molecule has 4 N–H and O–H groups in total. The van der Waals surface area contributed by atoms with Gasteiger partial charge in [0.2, 0.25) is 0 Å². The molecule has 2 rings (SSSR count). The second kappa shape index (κ2) is 12.2. The Labute approximate surface area is 160 Å². The molecule has 0 aliphatic rings. The summed E-state index contributed by atoms with van der Waals surface area (Å²) in [6.45, 7) is 1.75. The summed E-state index contributed by atoms with van der Waals surface area (Å²) in [5, 5.41) is 26.0. The zero-order valence-electron chi connectivity index (χ0n) is 14.8. The van der Waals surface area contributed by atoms with Crippen LogP contribution in [0, 0.1) is 0 Å². The minimum Gasteiger partial charge on any atom is -0.468 e. The van der Waals surface area contributed by atoms with Gasteiger partial charge in [-0.05, 0) is 24.3 Å². The predicted molar refractivity (Wildman–Crippen MR) is 99.7 cm³/mol. The van der Waals surface area contributed by atoms with Gasteiger partial charge in [-0.2, -0.15) is 0 Å². The summed E-state index contributed by atoms with van der Waals surface area (Å²) in [7, 11) is 1.31. The van der Waals surface area contributed by atoms with Crippen molar-refractivity contribution in [1.29, 1.82) is 0 Å². The van der Waals surface area contributed by atoms with Gasteiger partial charge < -0.3 is 20.1 Å². The first-order valence-corrected chi connectivity index (χ1v) is 8.42. The van der Waals surface area contributed by atoms with Crippen LogP contribution < -0.4 is 16.1 Å². The van der Waals surface area contributed by atoms with Crippen LogP contribution in [0.25, 0.3) is 5.69 Å². The van der Waals surface area contributed by atoms with Gasteiger partial charge in [0.25, 0.3) is 0 Å². The Morgan fingerprint density at radius 1 is 1.07 bits per heavy atom. The Morgan fingerprint density at radius 2 is 1.59 bits per heavy atom. The number of nitrogens with one attached hydrogen (secondary N) is 1. The molecular formula is C16H23ClN4O6. The van der Waals surface area contributed by atoms with Gasteiger partial charge >= 0.3 is 17.4 Å². The van der Waals surface area contributed by atoms with Crippen LogP contribution in [0.4, 0.5) is 0 Å². The molecule has 1 aromatic heterocycles. The zero-order valence-corrected chi connectivity index (χ0v) is 15.6. The van der Waals surface area contributed by atoms with E-state index >= 15 is 0 Å². The van der Waals surface area contributed by atoms with Crippen molar-refractivity contribution in [3.63, 3.8) is 0 Å². The van der Waals surface area contributed by atoms with E-state index in [2.05, 4.69) is 14.7 Å². The number of aliphatic hydroxyl groups is 3. The van der Waals surface area contributed by atoms with E-state index in [9.17, 15) is 9.59 Å². The fourth-order valence-corrected chi connectivity index (χ4v) is 2.20. The fourth-order valence-electron chi connectivity index (χ4n) is 2.07. The largest absolute Gasteiger partial charge is 0.468 e. The highest BCUT2D eigenvalue weighted by atomic mass is 35.5. The molecule has 11 heteroatoms. The summed E-state index contributed by atoms with van der Waals surface area (Å²) >= 11 is 5.72. The lowest BCUT2D eigenvalue weighted by Gasteiger charge is -2.17. The first-order valence-electron chi connectivity index (χ1n) is 8.05. The van der Waals surface area contributed by atoms with Gasteiger partial charge in [-0.3, -0.25) is 9.88 Å². The molecule has 27 heavy (non-hydrogen) atoms. The van der Waals surface area contributed by atoms with E-state index in [-0.39, 0.29) is 25.8 Å². The molecule has 0 amide bonds. The number of nitrogens with zero attached hydrogens (tertiary/aromatic N) is 3. The van der Waals surface area contributed by atoms with Crippen LogP contribution >= 0.6 is 11.6 Å². The van der Waals surface area contributed by atoms with E-state index in [4.69, 9.17) is 26.9 Å². The molecule has 150 valence electrons. The summed E-state index contributed by atoms with van der Waals surface area (Å²) in [6, 6.07) is 6.13. The maximum absolute atomic E-state index is 11.7. The summed E-state index contributed by atoms with van der Waals surface area (Å²) in [5.74, 6) is 0. The second-order valence-electron chi connectivity index (χ2n) is 5.16. The number of aromatic amines is 1. The molecule has 1 aromatic carbocycles. The maximum atomic E-state index is 11.7. The molecule has 0 bridgehead atoms. The van der Waals surface area contributed by atoms with E-state index < -0.39 is 11.4 Å². The minimum absolute atomic E-state index is 0.0694. The summed E-state index contributed by atoms with van der Waals surface area (Å²) < 4.78 is 5.57. The van der Waals surface area contributed by atoms with Crippen LogP contribution in [-0.4, -0.2) is 81.3 Å². The van der Waals surface area contributed by atoms with Crippen molar-refractivity contribution in [3.05, 3.63) is 50.3 Å². The van der Waals surface area contributed by atoms with Gasteiger partial charge in [-0.15, -0.1) is 4.98 Å². The third kappa shape index (κ3) is 7.49. The van der Waals surface area contributed by atoms with Gasteiger partial charge in [-0.25, -0.2) is 14.2 Å². The van der Waals surface area contributed by atoms with Gasteiger partial charge in [0.15, 0.2) is 0 Å². The molecule has 0 aliphatic heterocycles. The van der Waals surface area contributed by atoms with Gasteiger partial charge in [0, 0.05) is 24.7 Å². The highest BCUT2D eigenvalue weighted by molar-refractivity contribution is 6.30. The predicted octanol–water partition coefficient (Wildman–Crippen LogP) is -1.15. The van der Waals surface area contributed by atoms with Crippen molar-refractivity contribution in [2.24, 2.45) is 0 Å². The molecule has 0 spiro atoms. The number of halogens is 1. The molecule has 0 saturated carbocycles. The minimum atomic E-state index is -0.715. The Bertz CT molecular complexity index is 747. The average Bonchev–Trinajstić information content (AvgIpc) is 2.64. The quantitative estimate of drug-likeness (QED) is 0.433. The van der Waals surface area contributed by atoms with Crippen molar-refractivity contribution >= 4 is 11.6 Å². The van der Waals surface area contributed by atoms with Crippen molar-refractivity contribution in [2.45, 2.75) is 0 Å². The standard InChI is InChI=1S/C10H8ClN3O3.C6H15NO3/c1-17-8-12-9(15)14(10(16)13-8)7-4-2-6(11)3-5-7;8-4-1-7(2-5-9)3-6-10/h2-5H,1H3,(H,12,13,15,16);8-10H,1-6H2. The van der Waals surface area contributed by atoms with Crippen molar-refractivity contribution < 1.29 is 20.1 Å². The van der Waals surface area contributed by atoms with Crippen molar-refractivity contribution in [1.82, 2.24) is 19.4 Å². The Balaban J connectivity index is 0.000000314. The normalized spacial score (nSPS) is 10.4. The molecule has 10 nitrogen and oxygen atoms in total. The highest BCUT2D eigenvalue weighted by Gasteiger charge is 2.07. The van der Waals surface area contributed by atoms with Crippen molar-refractivity contribution in [2.75, 3.05) is 46.6 Å². The van der Waals surface area contributed by atoms with Gasteiger partial charge in [0.05, 0.1) is 32.6 Å². The lowest BCUT2D eigenvalue weighted by molar-refractivity contribution is 0.136. The third-order valence-corrected chi connectivity index (χ3v) is 3.58. The van der Waals surface area contributed by atoms with Gasteiger partial charge in [0.1, 0.15) is 0 Å². The van der Waals surface area contributed by atoms with Crippen molar-refractivity contribution in [3.8, 4) is 11.7 Å². The average molecular weight is 403 g/mol. The molecule has 0 radical (unpaired) electrons. The molecule has 0 saturated heterocycles. The topological polar surface area (TPSA) is 141 Å². The number of aromatic nitrogens is 3. The number of hydrogen-bond donors (Lipinski definition) is 4. The van der Waals surface area contributed by atoms with E-state index in [1.165, 1.54) is 7.11 Å². The molecule has 0 atom stereocenters. The number of H-pyrrole nitrogens is 1. The Hall–Kier alpha value is -2.24. The van der Waals surface area contributed by atoms with E-state index in [0.717, 1.165) is 4.57 Å².